The number of ether oxygens (including phenoxy) is 1. The quantitative estimate of drug-likeness (QED) is 0.643. The van der Waals surface area contributed by atoms with Crippen molar-refractivity contribution in [3.63, 3.8) is 0 Å². The van der Waals surface area contributed by atoms with E-state index in [4.69, 9.17) is 4.74 Å². The fourth-order valence-corrected chi connectivity index (χ4v) is 3.91. The predicted octanol–water partition coefficient (Wildman–Crippen LogP) is 4.30. The van der Waals surface area contributed by atoms with E-state index in [9.17, 15) is 9.59 Å². The average molecular weight is 371 g/mol. The fraction of sp³-hybridized carbons (Fsp3) is 0.167. The summed E-state index contributed by atoms with van der Waals surface area (Å²) in [6.07, 6.45) is 1.53. The molecule has 0 N–H and O–H groups in total. The summed E-state index contributed by atoms with van der Waals surface area (Å²) in [7, 11) is 1.51. The number of hydrogen-bond donors (Lipinski definition) is 0. The van der Waals surface area contributed by atoms with Crippen molar-refractivity contribution in [1.82, 2.24) is 4.90 Å². The van der Waals surface area contributed by atoms with Gasteiger partial charge in [-0.1, -0.05) is 54.6 Å². The molecule has 1 heterocycles. The normalized spacial score (nSPS) is 15.6. The van der Waals surface area contributed by atoms with Gasteiger partial charge < -0.3 is 9.64 Å². The lowest BCUT2D eigenvalue weighted by atomic mass is 9.87. The molecule has 1 amide bonds. The Morgan fingerprint density at radius 1 is 1.04 bits per heavy atom. The topological polar surface area (TPSA) is 46.6 Å². The lowest BCUT2D eigenvalue weighted by Gasteiger charge is -2.38. The Bertz CT molecular complexity index is 1010. The van der Waals surface area contributed by atoms with Crippen LogP contribution in [0.1, 0.15) is 43.4 Å². The Morgan fingerprint density at radius 3 is 2.54 bits per heavy atom. The summed E-state index contributed by atoms with van der Waals surface area (Å²) in [5.74, 6) is 0.379. The Hall–Kier alpha value is -3.40. The summed E-state index contributed by atoms with van der Waals surface area (Å²) < 4.78 is 5.20. The molecule has 4 nitrogen and oxygen atoms in total. The van der Waals surface area contributed by atoms with Gasteiger partial charge in [-0.2, -0.15) is 0 Å². The van der Waals surface area contributed by atoms with E-state index in [1.807, 2.05) is 35.2 Å². The van der Waals surface area contributed by atoms with Crippen molar-refractivity contribution in [3.05, 3.63) is 101 Å². The molecule has 4 rings (SSSR count). The van der Waals surface area contributed by atoms with E-state index in [0.29, 0.717) is 23.4 Å². The molecular weight excluding hydrogens is 350 g/mol. The van der Waals surface area contributed by atoms with Crippen LogP contribution in [0.4, 0.5) is 0 Å². The zero-order chi connectivity index (χ0) is 19.5. The molecule has 0 fully saturated rings. The number of benzene rings is 3. The molecular formula is C24H21NO3. The van der Waals surface area contributed by atoms with E-state index in [2.05, 4.69) is 24.3 Å². The third-order valence-corrected chi connectivity index (χ3v) is 5.26. The van der Waals surface area contributed by atoms with Gasteiger partial charge in [0, 0.05) is 12.1 Å². The van der Waals surface area contributed by atoms with Crippen molar-refractivity contribution in [2.75, 3.05) is 13.7 Å². The second-order valence-corrected chi connectivity index (χ2v) is 6.84. The van der Waals surface area contributed by atoms with E-state index in [-0.39, 0.29) is 11.9 Å². The van der Waals surface area contributed by atoms with Crippen molar-refractivity contribution in [2.45, 2.75) is 12.5 Å². The maximum absolute atomic E-state index is 13.4. The highest BCUT2D eigenvalue weighted by atomic mass is 16.5. The highest BCUT2D eigenvalue weighted by molar-refractivity contribution is 5.97. The predicted molar refractivity (Wildman–Crippen MR) is 108 cm³/mol. The fourth-order valence-electron chi connectivity index (χ4n) is 3.91. The minimum absolute atomic E-state index is 0.0888. The van der Waals surface area contributed by atoms with Crippen LogP contribution >= 0.6 is 0 Å². The first-order valence-corrected chi connectivity index (χ1v) is 9.30. The van der Waals surface area contributed by atoms with Crippen LogP contribution in [0.3, 0.4) is 0 Å². The maximum atomic E-state index is 13.4. The van der Waals surface area contributed by atoms with Gasteiger partial charge in [-0.3, -0.25) is 9.59 Å². The first-order valence-electron chi connectivity index (χ1n) is 9.30. The van der Waals surface area contributed by atoms with Gasteiger partial charge in [-0.25, -0.2) is 0 Å². The number of amides is 1. The van der Waals surface area contributed by atoms with Crippen LogP contribution in [-0.4, -0.2) is 30.7 Å². The van der Waals surface area contributed by atoms with E-state index in [0.717, 1.165) is 23.8 Å². The number of hydrogen-bond acceptors (Lipinski definition) is 3. The van der Waals surface area contributed by atoms with Crippen molar-refractivity contribution >= 4 is 12.2 Å². The Balaban J connectivity index is 1.77. The first-order chi connectivity index (χ1) is 13.7. The Morgan fingerprint density at radius 2 is 1.79 bits per heavy atom. The van der Waals surface area contributed by atoms with Gasteiger partial charge in [0.25, 0.3) is 5.91 Å². The molecule has 3 aromatic carbocycles. The lowest BCUT2D eigenvalue weighted by Crippen LogP contribution is -2.40. The molecule has 1 aliphatic heterocycles. The second kappa shape index (κ2) is 7.69. The van der Waals surface area contributed by atoms with Gasteiger partial charge in [0.05, 0.1) is 18.7 Å². The van der Waals surface area contributed by atoms with E-state index in [1.165, 1.54) is 12.7 Å². The van der Waals surface area contributed by atoms with Crippen LogP contribution in [0.5, 0.6) is 5.75 Å². The van der Waals surface area contributed by atoms with Crippen molar-refractivity contribution in [2.24, 2.45) is 0 Å². The minimum atomic E-state index is -0.152. The third-order valence-electron chi connectivity index (χ3n) is 5.26. The molecule has 0 unspecified atom stereocenters. The molecule has 0 aliphatic carbocycles. The smallest absolute Gasteiger partial charge is 0.254 e. The first kappa shape index (κ1) is 18.0. The molecule has 0 bridgehead atoms. The zero-order valence-corrected chi connectivity index (χ0v) is 15.7. The summed E-state index contributed by atoms with van der Waals surface area (Å²) in [5, 5.41) is 0. The number of methoxy groups -OCH3 is 1. The number of aldehydes is 1. The average Bonchev–Trinajstić information content (AvgIpc) is 2.77. The molecule has 140 valence electrons. The summed E-state index contributed by atoms with van der Waals surface area (Å²) in [4.78, 5) is 26.7. The highest BCUT2D eigenvalue weighted by Gasteiger charge is 2.32. The molecule has 3 aromatic rings. The standard InChI is InChI=1S/C24H21NO3/c1-28-22-12-11-19(15-20(22)16-26)24(27)25-14-13-17-7-5-6-10-21(17)23(25)18-8-3-2-4-9-18/h2-12,15-16,23H,13-14H2,1H3/t23-/m0/s1. The molecule has 0 radical (unpaired) electrons. The SMILES string of the molecule is COc1ccc(C(=O)N2CCc3ccccc3[C@@H]2c2ccccc2)cc1C=O. The highest BCUT2D eigenvalue weighted by Crippen LogP contribution is 2.36. The number of carbonyl (C=O) groups is 2. The van der Waals surface area contributed by atoms with Crippen molar-refractivity contribution < 1.29 is 14.3 Å². The lowest BCUT2D eigenvalue weighted by molar-refractivity contribution is 0.0694. The van der Waals surface area contributed by atoms with Gasteiger partial charge in [0.1, 0.15) is 5.75 Å². The van der Waals surface area contributed by atoms with E-state index >= 15 is 0 Å². The second-order valence-electron chi connectivity index (χ2n) is 6.84. The molecule has 0 spiro atoms. The molecule has 0 saturated heterocycles. The van der Waals surface area contributed by atoms with Crippen molar-refractivity contribution in [1.29, 1.82) is 0 Å². The number of nitrogens with zero attached hydrogens (tertiary/aromatic N) is 1. The summed E-state index contributed by atoms with van der Waals surface area (Å²) >= 11 is 0. The Kier molecular flexibility index (Phi) is 4.94. The van der Waals surface area contributed by atoms with Gasteiger partial charge in [0.15, 0.2) is 6.29 Å². The molecule has 1 atom stereocenters. The molecule has 0 saturated carbocycles. The van der Waals surface area contributed by atoms with Crippen LogP contribution < -0.4 is 4.74 Å². The van der Waals surface area contributed by atoms with Crippen LogP contribution in [0.2, 0.25) is 0 Å². The van der Waals surface area contributed by atoms with Crippen LogP contribution in [0.15, 0.2) is 72.8 Å². The molecule has 28 heavy (non-hydrogen) atoms. The van der Waals surface area contributed by atoms with Gasteiger partial charge in [0.2, 0.25) is 0 Å². The monoisotopic (exact) mass is 371 g/mol. The maximum Gasteiger partial charge on any atom is 0.254 e. The number of fused-ring (bicyclic) bond motifs is 1. The van der Waals surface area contributed by atoms with Gasteiger partial charge in [-0.05, 0) is 41.3 Å². The van der Waals surface area contributed by atoms with Gasteiger partial charge >= 0.3 is 0 Å². The number of carbonyl (C=O) groups excluding carboxylic acids is 2. The third kappa shape index (κ3) is 3.18. The summed E-state index contributed by atoms with van der Waals surface area (Å²) in [6.45, 7) is 0.623. The van der Waals surface area contributed by atoms with Gasteiger partial charge in [-0.15, -0.1) is 0 Å². The van der Waals surface area contributed by atoms with E-state index in [1.54, 1.807) is 18.2 Å². The van der Waals surface area contributed by atoms with Crippen LogP contribution in [0, 0.1) is 0 Å². The number of rotatable bonds is 4. The zero-order valence-electron chi connectivity index (χ0n) is 15.7. The summed E-state index contributed by atoms with van der Waals surface area (Å²) in [6, 6.07) is 23.2. The van der Waals surface area contributed by atoms with Crippen molar-refractivity contribution in [3.8, 4) is 5.75 Å². The largest absolute Gasteiger partial charge is 0.496 e. The minimum Gasteiger partial charge on any atom is -0.496 e. The summed E-state index contributed by atoms with van der Waals surface area (Å²) in [5.41, 5.74) is 4.36. The van der Waals surface area contributed by atoms with Crippen LogP contribution in [0.25, 0.3) is 0 Å². The molecule has 0 aromatic heterocycles. The van der Waals surface area contributed by atoms with Crippen LogP contribution in [-0.2, 0) is 6.42 Å². The molecule has 4 heteroatoms. The van der Waals surface area contributed by atoms with E-state index < -0.39 is 0 Å². The Labute approximate surface area is 164 Å². The molecule has 1 aliphatic rings.